The fourth-order valence-corrected chi connectivity index (χ4v) is 4.68. The van der Waals surface area contributed by atoms with Crippen molar-refractivity contribution in [3.05, 3.63) is 33.5 Å². The lowest BCUT2D eigenvalue weighted by Gasteiger charge is -2.19. The highest BCUT2D eigenvalue weighted by Gasteiger charge is 2.19. The molecule has 0 N–H and O–H groups in total. The van der Waals surface area contributed by atoms with Gasteiger partial charge in [-0.25, -0.2) is 9.97 Å². The molecule has 3 aromatic rings. The first kappa shape index (κ1) is 19.9. The number of rotatable bonds is 8. The lowest BCUT2D eigenvalue weighted by molar-refractivity contribution is 0.186. The van der Waals surface area contributed by atoms with Gasteiger partial charge in [-0.15, -0.1) is 11.3 Å². The van der Waals surface area contributed by atoms with E-state index < -0.39 is 0 Å². The summed E-state index contributed by atoms with van der Waals surface area (Å²) < 4.78 is 7.91. The van der Waals surface area contributed by atoms with Crippen molar-refractivity contribution in [2.75, 3.05) is 26.7 Å². The largest absolute Gasteiger partial charge is 0.380 e. The van der Waals surface area contributed by atoms with Gasteiger partial charge in [-0.05, 0) is 31.6 Å². The predicted octanol–water partition coefficient (Wildman–Crippen LogP) is 3.37. The van der Waals surface area contributed by atoms with E-state index in [2.05, 4.69) is 30.7 Å². The number of ether oxygens (including phenoxy) is 1. The first-order valence-electron chi connectivity index (χ1n) is 9.57. The van der Waals surface area contributed by atoms with Gasteiger partial charge in [0.1, 0.15) is 15.4 Å². The molecule has 0 saturated carbocycles. The number of hydrogen-bond donors (Lipinski definition) is 0. The summed E-state index contributed by atoms with van der Waals surface area (Å²) in [5, 5.41) is 0.963. The average Bonchev–Trinajstić information content (AvgIpc) is 3.02. The minimum absolute atomic E-state index is 0.0491. The van der Waals surface area contributed by atoms with Gasteiger partial charge in [-0.2, -0.15) is 0 Å². The van der Waals surface area contributed by atoms with Gasteiger partial charge in [0.15, 0.2) is 0 Å². The molecule has 0 aliphatic heterocycles. The van der Waals surface area contributed by atoms with Crippen molar-refractivity contribution in [2.45, 2.75) is 47.3 Å². The quantitative estimate of drug-likeness (QED) is 0.592. The van der Waals surface area contributed by atoms with Crippen molar-refractivity contribution in [2.24, 2.45) is 0 Å². The zero-order chi connectivity index (χ0) is 19.6. The molecule has 0 aromatic carbocycles. The molecule has 3 aromatic heterocycles. The van der Waals surface area contributed by atoms with E-state index in [0.717, 1.165) is 58.9 Å². The van der Waals surface area contributed by atoms with Crippen LogP contribution < -0.4 is 5.56 Å². The van der Waals surface area contributed by atoms with Gasteiger partial charge in [0.05, 0.1) is 12.1 Å². The topological polar surface area (TPSA) is 60.3 Å². The zero-order valence-electron chi connectivity index (χ0n) is 16.8. The van der Waals surface area contributed by atoms with E-state index >= 15 is 0 Å². The number of nitrogens with zero attached hydrogens (tertiary/aromatic N) is 4. The third kappa shape index (κ3) is 3.77. The smallest absolute Gasteiger partial charge is 0.271 e. The molecule has 0 atom stereocenters. The fraction of sp³-hybridized carbons (Fsp3) is 0.550. The minimum Gasteiger partial charge on any atom is -0.380 e. The first-order chi connectivity index (χ1) is 13.0. The summed E-state index contributed by atoms with van der Waals surface area (Å²) in [5.41, 5.74) is 2.79. The molecule has 0 saturated heterocycles. The Labute approximate surface area is 163 Å². The molecular formula is C20H28N4O2S. The van der Waals surface area contributed by atoms with E-state index in [0.29, 0.717) is 17.9 Å². The molecule has 0 unspecified atom stereocenters. The second-order valence-corrected chi connectivity index (χ2v) is 7.68. The maximum absolute atomic E-state index is 13.3. The molecule has 0 spiro atoms. The molecule has 27 heavy (non-hydrogen) atoms. The first-order valence-corrected chi connectivity index (χ1v) is 10.4. The Morgan fingerprint density at radius 2 is 1.96 bits per heavy atom. The van der Waals surface area contributed by atoms with Crippen molar-refractivity contribution in [1.82, 2.24) is 19.4 Å². The summed E-state index contributed by atoms with van der Waals surface area (Å²) in [7, 11) is 1.68. The van der Waals surface area contributed by atoms with Crippen LogP contribution in [0, 0.1) is 6.92 Å². The Bertz CT molecular complexity index is 1000. The molecule has 0 fully saturated rings. The lowest BCUT2D eigenvalue weighted by atomic mass is 10.1. The second-order valence-electron chi connectivity index (χ2n) is 6.68. The SMILES string of the molecule is CCc1nc2c(sc3nc(C)cc(COC)c32)c(=O)n1CCN(CC)CC. The van der Waals surface area contributed by atoms with Crippen LogP contribution in [0.2, 0.25) is 0 Å². The highest BCUT2D eigenvalue weighted by molar-refractivity contribution is 7.25. The van der Waals surface area contributed by atoms with E-state index in [1.54, 1.807) is 7.11 Å². The van der Waals surface area contributed by atoms with Crippen LogP contribution in [0.25, 0.3) is 20.4 Å². The molecule has 7 heteroatoms. The predicted molar refractivity (Wildman–Crippen MR) is 112 cm³/mol. The Morgan fingerprint density at radius 1 is 1.22 bits per heavy atom. The van der Waals surface area contributed by atoms with Crippen molar-refractivity contribution >= 4 is 31.8 Å². The number of hydrogen-bond acceptors (Lipinski definition) is 6. The van der Waals surface area contributed by atoms with Crippen LogP contribution in [0.3, 0.4) is 0 Å². The molecule has 6 nitrogen and oxygen atoms in total. The molecule has 0 aliphatic carbocycles. The van der Waals surface area contributed by atoms with Gasteiger partial charge >= 0.3 is 0 Å². The van der Waals surface area contributed by atoms with Crippen LogP contribution in [0.1, 0.15) is 37.9 Å². The maximum atomic E-state index is 13.3. The summed E-state index contributed by atoms with van der Waals surface area (Å²) in [6.07, 6.45) is 0.722. The van der Waals surface area contributed by atoms with Crippen LogP contribution in [0.15, 0.2) is 10.9 Å². The molecule has 0 aliphatic rings. The van der Waals surface area contributed by atoms with Gasteiger partial charge in [-0.3, -0.25) is 9.36 Å². The van der Waals surface area contributed by atoms with Gasteiger partial charge in [0.25, 0.3) is 5.56 Å². The van der Waals surface area contributed by atoms with Crippen molar-refractivity contribution < 1.29 is 4.74 Å². The molecule has 0 bridgehead atoms. The van der Waals surface area contributed by atoms with Gasteiger partial charge in [0, 0.05) is 37.7 Å². The summed E-state index contributed by atoms with van der Waals surface area (Å²) in [4.78, 5) is 26.0. The van der Waals surface area contributed by atoms with E-state index in [1.807, 2.05) is 17.6 Å². The molecule has 0 amide bonds. The summed E-state index contributed by atoms with van der Waals surface area (Å²) in [6, 6.07) is 2.02. The van der Waals surface area contributed by atoms with Crippen LogP contribution >= 0.6 is 11.3 Å². The van der Waals surface area contributed by atoms with E-state index in [-0.39, 0.29) is 5.56 Å². The Hall–Kier alpha value is -1.83. The summed E-state index contributed by atoms with van der Waals surface area (Å²) >= 11 is 1.45. The van der Waals surface area contributed by atoms with Crippen LogP contribution in [0.5, 0.6) is 0 Å². The molecule has 146 valence electrons. The number of aryl methyl sites for hydroxylation is 2. The zero-order valence-corrected chi connectivity index (χ0v) is 17.7. The average molecular weight is 389 g/mol. The lowest BCUT2D eigenvalue weighted by Crippen LogP contribution is -2.32. The fourth-order valence-electron chi connectivity index (χ4n) is 3.53. The number of thiophene rings is 1. The van der Waals surface area contributed by atoms with Gasteiger partial charge < -0.3 is 9.64 Å². The number of fused-ring (bicyclic) bond motifs is 3. The van der Waals surface area contributed by atoms with Gasteiger partial charge in [0.2, 0.25) is 0 Å². The van der Waals surface area contributed by atoms with Crippen molar-refractivity contribution in [3.63, 3.8) is 0 Å². The van der Waals surface area contributed by atoms with E-state index in [4.69, 9.17) is 9.72 Å². The van der Waals surface area contributed by atoms with Crippen LogP contribution in [-0.2, 0) is 24.3 Å². The van der Waals surface area contributed by atoms with Crippen LogP contribution in [0.4, 0.5) is 0 Å². The van der Waals surface area contributed by atoms with E-state index in [9.17, 15) is 4.79 Å². The van der Waals surface area contributed by atoms with Crippen molar-refractivity contribution in [3.8, 4) is 0 Å². The number of pyridine rings is 1. The van der Waals surface area contributed by atoms with Gasteiger partial charge in [-0.1, -0.05) is 20.8 Å². The van der Waals surface area contributed by atoms with Crippen LogP contribution in [-0.4, -0.2) is 46.2 Å². The van der Waals surface area contributed by atoms with E-state index in [1.165, 1.54) is 11.3 Å². The highest BCUT2D eigenvalue weighted by Crippen LogP contribution is 2.33. The summed E-state index contributed by atoms with van der Waals surface area (Å²) in [6.45, 7) is 12.3. The molecular weight excluding hydrogens is 360 g/mol. The molecule has 0 radical (unpaired) electrons. The Kier molecular flexibility index (Phi) is 6.24. The Balaban J connectivity index is 2.20. The molecule has 3 rings (SSSR count). The third-order valence-corrected chi connectivity index (χ3v) is 6.05. The number of aromatic nitrogens is 3. The Morgan fingerprint density at radius 3 is 2.59 bits per heavy atom. The second kappa shape index (κ2) is 8.46. The summed E-state index contributed by atoms with van der Waals surface area (Å²) in [5.74, 6) is 0.836. The minimum atomic E-state index is 0.0491. The number of methoxy groups -OCH3 is 1. The number of likely N-dealkylation sites (N-methyl/N-ethyl adjacent to an activating group) is 1. The normalized spacial score (nSPS) is 11.9. The van der Waals surface area contributed by atoms with Crippen molar-refractivity contribution in [1.29, 1.82) is 0 Å². The molecule has 3 heterocycles. The third-order valence-electron chi connectivity index (χ3n) is 4.99. The maximum Gasteiger partial charge on any atom is 0.271 e. The highest BCUT2D eigenvalue weighted by atomic mass is 32.1. The standard InChI is InChI=1S/C20H28N4O2S/c1-6-15-22-17-16-14(12-26-5)11-13(4)21-19(16)27-18(17)20(25)24(15)10-9-23(7-2)8-3/h11H,6-10,12H2,1-5H3. The monoisotopic (exact) mass is 388 g/mol.